The van der Waals surface area contributed by atoms with Gasteiger partial charge in [0.2, 0.25) is 0 Å². The maximum Gasteiger partial charge on any atom is 0.164 e. The van der Waals surface area contributed by atoms with Gasteiger partial charge in [-0.15, -0.1) is 0 Å². The highest BCUT2D eigenvalue weighted by Crippen LogP contribution is 2.17. The number of aromatic nitrogens is 3. The molecule has 1 aromatic heterocycles. The van der Waals surface area contributed by atoms with E-state index in [0.29, 0.717) is 35.5 Å². The van der Waals surface area contributed by atoms with Crippen LogP contribution in [0.3, 0.4) is 0 Å². The third-order valence-corrected chi connectivity index (χ3v) is 2.96. The molecule has 2 rings (SSSR count). The summed E-state index contributed by atoms with van der Waals surface area (Å²) >= 11 is 6.02. The van der Waals surface area contributed by atoms with E-state index in [0.717, 1.165) is 0 Å². The lowest BCUT2D eigenvalue weighted by molar-refractivity contribution is 0.564. The van der Waals surface area contributed by atoms with E-state index in [4.69, 9.17) is 11.6 Å². The lowest BCUT2D eigenvalue weighted by Crippen LogP contribution is -2.22. The van der Waals surface area contributed by atoms with Crippen LogP contribution in [-0.2, 0) is 13.1 Å². The van der Waals surface area contributed by atoms with Crippen LogP contribution in [0.5, 0.6) is 0 Å². The average Bonchev–Trinajstić information content (AvgIpc) is 2.79. The van der Waals surface area contributed by atoms with Gasteiger partial charge in [0.1, 0.15) is 12.1 Å². The van der Waals surface area contributed by atoms with Crippen LogP contribution in [0.1, 0.15) is 25.2 Å². The Hall–Kier alpha value is -1.46. The maximum absolute atomic E-state index is 13.2. The predicted molar refractivity (Wildman–Crippen MR) is 72.5 cm³/mol. The minimum Gasteiger partial charge on any atom is -0.308 e. The van der Waals surface area contributed by atoms with Crippen molar-refractivity contribution in [1.29, 1.82) is 0 Å². The van der Waals surface area contributed by atoms with Crippen LogP contribution in [0.15, 0.2) is 24.5 Å². The quantitative estimate of drug-likeness (QED) is 0.917. The van der Waals surface area contributed by atoms with Crippen molar-refractivity contribution >= 4 is 11.6 Å². The van der Waals surface area contributed by atoms with Crippen LogP contribution >= 0.6 is 11.6 Å². The molecule has 1 heterocycles. The lowest BCUT2D eigenvalue weighted by Gasteiger charge is -2.05. The van der Waals surface area contributed by atoms with Crippen molar-refractivity contribution in [3.8, 4) is 0 Å². The summed E-state index contributed by atoms with van der Waals surface area (Å²) in [5.74, 6) is 0.405. The fraction of sp³-hybridized carbons (Fsp3) is 0.385. The molecule has 19 heavy (non-hydrogen) atoms. The molecule has 2 aromatic rings. The SMILES string of the molecule is CC(C)NCc1ncn(Cc2cc(F)ccc2Cl)n1. The summed E-state index contributed by atoms with van der Waals surface area (Å²) in [6.07, 6.45) is 1.62. The molecule has 0 fully saturated rings. The standard InChI is InChI=1S/C13H16ClFN4/c1-9(2)16-6-13-17-8-19(18-13)7-10-5-11(15)3-4-12(10)14/h3-5,8-9,16H,6-7H2,1-2H3. The van der Waals surface area contributed by atoms with E-state index in [1.54, 1.807) is 17.1 Å². The number of rotatable bonds is 5. The van der Waals surface area contributed by atoms with Gasteiger partial charge in [0.15, 0.2) is 5.82 Å². The monoisotopic (exact) mass is 282 g/mol. The molecule has 0 unspecified atom stereocenters. The van der Waals surface area contributed by atoms with E-state index in [-0.39, 0.29) is 5.82 Å². The van der Waals surface area contributed by atoms with Gasteiger partial charge < -0.3 is 5.32 Å². The first-order valence-electron chi connectivity index (χ1n) is 6.10. The van der Waals surface area contributed by atoms with E-state index >= 15 is 0 Å². The Morgan fingerprint density at radius 3 is 2.95 bits per heavy atom. The highest BCUT2D eigenvalue weighted by molar-refractivity contribution is 6.31. The first-order chi connectivity index (χ1) is 9.04. The van der Waals surface area contributed by atoms with Gasteiger partial charge in [0, 0.05) is 11.1 Å². The molecule has 1 N–H and O–H groups in total. The van der Waals surface area contributed by atoms with Crippen molar-refractivity contribution in [2.45, 2.75) is 33.0 Å². The smallest absolute Gasteiger partial charge is 0.164 e. The topological polar surface area (TPSA) is 42.7 Å². The van der Waals surface area contributed by atoms with E-state index in [1.807, 2.05) is 0 Å². The van der Waals surface area contributed by atoms with Gasteiger partial charge in [-0.25, -0.2) is 14.1 Å². The summed E-state index contributed by atoms with van der Waals surface area (Å²) < 4.78 is 14.8. The number of hydrogen-bond acceptors (Lipinski definition) is 3. The van der Waals surface area contributed by atoms with Crippen molar-refractivity contribution in [3.63, 3.8) is 0 Å². The molecule has 0 saturated heterocycles. The van der Waals surface area contributed by atoms with E-state index in [2.05, 4.69) is 29.2 Å². The van der Waals surface area contributed by atoms with Crippen molar-refractivity contribution in [3.05, 3.63) is 46.8 Å². The van der Waals surface area contributed by atoms with Gasteiger partial charge >= 0.3 is 0 Å². The molecule has 0 saturated carbocycles. The Morgan fingerprint density at radius 1 is 1.42 bits per heavy atom. The molecule has 0 aliphatic heterocycles. The third kappa shape index (κ3) is 4.01. The molecule has 0 amide bonds. The molecular formula is C13H16ClFN4. The van der Waals surface area contributed by atoms with Crippen molar-refractivity contribution in [1.82, 2.24) is 20.1 Å². The second-order valence-corrected chi connectivity index (χ2v) is 5.04. The molecule has 0 radical (unpaired) electrons. The van der Waals surface area contributed by atoms with Crippen molar-refractivity contribution in [2.24, 2.45) is 0 Å². The summed E-state index contributed by atoms with van der Waals surface area (Å²) in [5.41, 5.74) is 0.690. The Labute approximate surface area is 116 Å². The third-order valence-electron chi connectivity index (χ3n) is 2.59. The van der Waals surface area contributed by atoms with Crippen LogP contribution in [0.4, 0.5) is 4.39 Å². The Balaban J connectivity index is 2.05. The number of nitrogens with zero attached hydrogens (tertiary/aromatic N) is 3. The van der Waals surface area contributed by atoms with Gasteiger partial charge in [0.25, 0.3) is 0 Å². The second kappa shape index (κ2) is 6.12. The van der Waals surface area contributed by atoms with Crippen LogP contribution in [0, 0.1) is 5.82 Å². The van der Waals surface area contributed by atoms with Crippen molar-refractivity contribution < 1.29 is 4.39 Å². The molecular weight excluding hydrogens is 267 g/mol. The zero-order valence-electron chi connectivity index (χ0n) is 10.9. The van der Waals surface area contributed by atoms with Crippen molar-refractivity contribution in [2.75, 3.05) is 0 Å². The lowest BCUT2D eigenvalue weighted by atomic mass is 10.2. The number of halogens is 2. The molecule has 6 heteroatoms. The zero-order valence-corrected chi connectivity index (χ0v) is 11.7. The Kier molecular flexibility index (Phi) is 4.50. The minimum atomic E-state index is -0.304. The maximum atomic E-state index is 13.2. The van der Waals surface area contributed by atoms with Gasteiger partial charge in [-0.3, -0.25) is 0 Å². The Bertz CT molecular complexity index is 553. The molecule has 102 valence electrons. The van der Waals surface area contributed by atoms with Gasteiger partial charge in [-0.1, -0.05) is 25.4 Å². The Morgan fingerprint density at radius 2 is 2.21 bits per heavy atom. The summed E-state index contributed by atoms with van der Waals surface area (Å²) in [6.45, 7) is 5.14. The van der Waals surface area contributed by atoms with E-state index in [1.165, 1.54) is 12.1 Å². The number of benzene rings is 1. The largest absolute Gasteiger partial charge is 0.308 e. The fourth-order valence-corrected chi connectivity index (χ4v) is 1.80. The highest BCUT2D eigenvalue weighted by atomic mass is 35.5. The predicted octanol–water partition coefficient (Wildman–Crippen LogP) is 2.62. The second-order valence-electron chi connectivity index (χ2n) is 4.63. The molecule has 0 bridgehead atoms. The van der Waals surface area contributed by atoms with Crippen LogP contribution in [0.25, 0.3) is 0 Å². The molecule has 0 aliphatic carbocycles. The molecule has 1 aromatic carbocycles. The summed E-state index contributed by atoms with van der Waals surface area (Å²) in [7, 11) is 0. The first kappa shape index (κ1) is 14.0. The molecule has 4 nitrogen and oxygen atoms in total. The minimum absolute atomic E-state index is 0.304. The summed E-state index contributed by atoms with van der Waals surface area (Å²) in [6, 6.07) is 4.68. The van der Waals surface area contributed by atoms with E-state index in [9.17, 15) is 4.39 Å². The van der Waals surface area contributed by atoms with E-state index < -0.39 is 0 Å². The van der Waals surface area contributed by atoms with Crippen LogP contribution in [0.2, 0.25) is 5.02 Å². The summed E-state index contributed by atoms with van der Waals surface area (Å²) in [4.78, 5) is 4.19. The van der Waals surface area contributed by atoms with Crippen LogP contribution in [-0.4, -0.2) is 20.8 Å². The number of nitrogens with one attached hydrogen (secondary N) is 1. The van der Waals surface area contributed by atoms with Gasteiger partial charge in [0.05, 0.1) is 13.1 Å². The zero-order chi connectivity index (χ0) is 13.8. The molecule has 0 spiro atoms. The normalized spacial score (nSPS) is 11.2. The van der Waals surface area contributed by atoms with Crippen LogP contribution < -0.4 is 5.32 Å². The molecule has 0 atom stereocenters. The van der Waals surface area contributed by atoms with Gasteiger partial charge in [-0.2, -0.15) is 5.10 Å². The van der Waals surface area contributed by atoms with Gasteiger partial charge in [-0.05, 0) is 23.8 Å². The highest BCUT2D eigenvalue weighted by Gasteiger charge is 2.06. The average molecular weight is 283 g/mol. The number of hydrogen-bond donors (Lipinski definition) is 1. The first-order valence-corrected chi connectivity index (χ1v) is 6.48. The fourth-order valence-electron chi connectivity index (χ4n) is 1.62. The summed E-state index contributed by atoms with van der Waals surface area (Å²) in [5, 5.41) is 8.07. The molecule has 0 aliphatic rings.